The topological polar surface area (TPSA) is 37.4 Å². The minimum atomic E-state index is -3.15. The van der Waals surface area contributed by atoms with Crippen LogP contribution in [0.1, 0.15) is 20.3 Å². The normalized spacial score (nSPS) is 20.5. The van der Waals surface area contributed by atoms with Crippen molar-refractivity contribution < 1.29 is 8.42 Å². The molecule has 2 rings (SSSR count). The van der Waals surface area contributed by atoms with Crippen molar-refractivity contribution in [1.82, 2.24) is 0 Å². The fourth-order valence-corrected chi connectivity index (χ4v) is 4.61. The van der Waals surface area contributed by atoms with Crippen molar-refractivity contribution in [2.45, 2.75) is 30.4 Å². The number of anilines is 1. The molecule has 0 N–H and O–H groups in total. The molecule has 1 aromatic carbocycles. The fourth-order valence-electron chi connectivity index (χ4n) is 2.32. The average Bonchev–Trinajstić information content (AvgIpc) is 2.47. The van der Waals surface area contributed by atoms with Gasteiger partial charge in [-0.3, -0.25) is 0 Å². The molecule has 1 atom stereocenters. The fraction of sp³-hybridized carbons (Fsp3) is 0.571. The summed E-state index contributed by atoms with van der Waals surface area (Å²) in [4.78, 5) is 2.71. The lowest BCUT2D eigenvalue weighted by Gasteiger charge is -2.34. The Kier molecular flexibility index (Phi) is 4.79. The van der Waals surface area contributed by atoms with Crippen LogP contribution in [-0.2, 0) is 9.84 Å². The molecule has 1 saturated heterocycles. The Morgan fingerprint density at radius 2 is 2.05 bits per heavy atom. The smallest absolute Gasteiger partial charge is 0.180 e. The zero-order valence-electron chi connectivity index (χ0n) is 11.5. The summed E-state index contributed by atoms with van der Waals surface area (Å²) >= 11 is 1.99. The molecule has 0 aromatic heterocycles. The molecule has 0 saturated carbocycles. The molecule has 5 heteroatoms. The van der Waals surface area contributed by atoms with Gasteiger partial charge in [0.05, 0.1) is 16.3 Å². The van der Waals surface area contributed by atoms with Gasteiger partial charge in [-0.05, 0) is 18.6 Å². The molecule has 19 heavy (non-hydrogen) atoms. The first kappa shape index (κ1) is 14.7. The lowest BCUT2D eigenvalue weighted by Crippen LogP contribution is -2.38. The first-order valence-corrected chi connectivity index (χ1v) is 9.47. The summed E-state index contributed by atoms with van der Waals surface area (Å²) in [5.74, 6) is 1.23. The van der Waals surface area contributed by atoms with Gasteiger partial charge in [-0.2, -0.15) is 11.8 Å². The van der Waals surface area contributed by atoms with E-state index in [4.69, 9.17) is 0 Å². The largest absolute Gasteiger partial charge is 0.369 e. The summed E-state index contributed by atoms with van der Waals surface area (Å²) in [6.45, 7) is 5.76. The Labute approximate surface area is 120 Å². The van der Waals surface area contributed by atoms with Crippen LogP contribution in [0, 0.1) is 0 Å². The van der Waals surface area contributed by atoms with E-state index in [1.54, 1.807) is 13.0 Å². The third-order valence-electron chi connectivity index (χ3n) is 3.52. The molecule has 0 radical (unpaired) electrons. The van der Waals surface area contributed by atoms with Gasteiger partial charge in [-0.25, -0.2) is 8.42 Å². The standard InChI is InChI=1S/C14H21NO2S2/c1-3-12-11-15(9-10-18-12)13-7-5-6-8-14(13)19(16,17)4-2/h5-8,12H,3-4,9-11H2,1-2H3/t12-/m0/s1. The molecule has 1 fully saturated rings. The van der Waals surface area contributed by atoms with Gasteiger partial charge in [-0.15, -0.1) is 0 Å². The number of thioether (sulfide) groups is 1. The maximum absolute atomic E-state index is 12.2. The highest BCUT2D eigenvalue weighted by Gasteiger charge is 2.24. The van der Waals surface area contributed by atoms with Gasteiger partial charge in [0.1, 0.15) is 0 Å². The minimum absolute atomic E-state index is 0.157. The Morgan fingerprint density at radius 3 is 2.74 bits per heavy atom. The molecule has 1 aliphatic heterocycles. The lowest BCUT2D eigenvalue weighted by atomic mass is 10.2. The lowest BCUT2D eigenvalue weighted by molar-refractivity contribution is 0.596. The average molecular weight is 299 g/mol. The van der Waals surface area contributed by atoms with Crippen LogP contribution in [0.3, 0.4) is 0 Å². The first-order chi connectivity index (χ1) is 9.08. The van der Waals surface area contributed by atoms with Crippen molar-refractivity contribution >= 4 is 27.3 Å². The number of sulfone groups is 1. The predicted molar refractivity (Wildman–Crippen MR) is 82.9 cm³/mol. The molecule has 1 aromatic rings. The van der Waals surface area contributed by atoms with Crippen LogP contribution in [0.25, 0.3) is 0 Å². The van der Waals surface area contributed by atoms with Crippen LogP contribution >= 0.6 is 11.8 Å². The Hall–Kier alpha value is -0.680. The molecule has 0 bridgehead atoms. The van der Waals surface area contributed by atoms with Crippen molar-refractivity contribution in [3.05, 3.63) is 24.3 Å². The minimum Gasteiger partial charge on any atom is -0.369 e. The van der Waals surface area contributed by atoms with E-state index in [0.717, 1.165) is 31.0 Å². The summed E-state index contributed by atoms with van der Waals surface area (Å²) in [5, 5.41) is 0.603. The monoisotopic (exact) mass is 299 g/mol. The quantitative estimate of drug-likeness (QED) is 0.857. The molecule has 0 aliphatic carbocycles. The number of hydrogen-bond donors (Lipinski definition) is 0. The number of rotatable bonds is 4. The van der Waals surface area contributed by atoms with Gasteiger partial charge >= 0.3 is 0 Å². The van der Waals surface area contributed by atoms with E-state index in [0.29, 0.717) is 10.1 Å². The maximum atomic E-state index is 12.2. The Bertz CT molecular complexity index is 528. The van der Waals surface area contributed by atoms with Crippen LogP contribution in [0.2, 0.25) is 0 Å². The number of benzene rings is 1. The molecule has 0 unspecified atom stereocenters. The van der Waals surface area contributed by atoms with E-state index >= 15 is 0 Å². The second-order valence-electron chi connectivity index (χ2n) is 4.72. The Morgan fingerprint density at radius 1 is 1.32 bits per heavy atom. The summed E-state index contributed by atoms with van der Waals surface area (Å²) in [6.07, 6.45) is 1.13. The van der Waals surface area contributed by atoms with Crippen molar-refractivity contribution in [3.8, 4) is 0 Å². The highest BCUT2D eigenvalue weighted by atomic mass is 32.2. The van der Waals surface area contributed by atoms with Crippen molar-refractivity contribution in [3.63, 3.8) is 0 Å². The molecule has 106 valence electrons. The van der Waals surface area contributed by atoms with Crippen LogP contribution in [0.4, 0.5) is 5.69 Å². The third kappa shape index (κ3) is 3.26. The first-order valence-electron chi connectivity index (χ1n) is 6.76. The van der Waals surface area contributed by atoms with E-state index < -0.39 is 9.84 Å². The highest BCUT2D eigenvalue weighted by molar-refractivity contribution is 8.00. The van der Waals surface area contributed by atoms with E-state index in [1.165, 1.54) is 0 Å². The second-order valence-corrected chi connectivity index (χ2v) is 8.37. The predicted octanol–water partition coefficient (Wildman–Crippen LogP) is 2.81. The van der Waals surface area contributed by atoms with E-state index in [-0.39, 0.29) is 5.75 Å². The van der Waals surface area contributed by atoms with E-state index in [2.05, 4.69) is 11.8 Å². The zero-order valence-corrected chi connectivity index (χ0v) is 13.1. The van der Waals surface area contributed by atoms with Crippen molar-refractivity contribution in [2.24, 2.45) is 0 Å². The van der Waals surface area contributed by atoms with E-state index in [1.807, 2.05) is 30.0 Å². The van der Waals surface area contributed by atoms with Crippen LogP contribution in [0.5, 0.6) is 0 Å². The van der Waals surface area contributed by atoms with Gasteiger partial charge in [0, 0.05) is 24.1 Å². The van der Waals surface area contributed by atoms with Crippen LogP contribution in [0.15, 0.2) is 29.2 Å². The van der Waals surface area contributed by atoms with Crippen LogP contribution < -0.4 is 4.90 Å². The van der Waals surface area contributed by atoms with Gasteiger partial charge in [0.2, 0.25) is 0 Å². The summed E-state index contributed by atoms with van der Waals surface area (Å²) in [7, 11) is -3.15. The summed E-state index contributed by atoms with van der Waals surface area (Å²) in [5.41, 5.74) is 0.878. The number of nitrogens with zero attached hydrogens (tertiary/aromatic N) is 1. The summed E-state index contributed by atoms with van der Waals surface area (Å²) < 4.78 is 24.4. The second kappa shape index (κ2) is 6.18. The third-order valence-corrected chi connectivity index (χ3v) is 6.66. The molecule has 1 heterocycles. The maximum Gasteiger partial charge on any atom is 0.180 e. The molecule has 0 spiro atoms. The number of hydrogen-bond acceptors (Lipinski definition) is 4. The molecule has 3 nitrogen and oxygen atoms in total. The number of para-hydroxylation sites is 1. The van der Waals surface area contributed by atoms with Crippen molar-refractivity contribution in [1.29, 1.82) is 0 Å². The molecule has 1 aliphatic rings. The zero-order chi connectivity index (χ0) is 13.9. The van der Waals surface area contributed by atoms with E-state index in [9.17, 15) is 8.42 Å². The van der Waals surface area contributed by atoms with Gasteiger partial charge in [0.15, 0.2) is 9.84 Å². The molecule has 0 amide bonds. The van der Waals surface area contributed by atoms with Gasteiger partial charge < -0.3 is 4.90 Å². The highest BCUT2D eigenvalue weighted by Crippen LogP contribution is 2.30. The van der Waals surface area contributed by atoms with Gasteiger partial charge in [0.25, 0.3) is 0 Å². The summed E-state index contributed by atoms with van der Waals surface area (Å²) in [6, 6.07) is 7.40. The molecular formula is C14H21NO2S2. The Balaban J connectivity index is 2.35. The van der Waals surface area contributed by atoms with Crippen molar-refractivity contribution in [2.75, 3.05) is 29.5 Å². The van der Waals surface area contributed by atoms with Gasteiger partial charge in [-0.1, -0.05) is 26.0 Å². The van der Waals surface area contributed by atoms with Crippen LogP contribution in [-0.4, -0.2) is 38.3 Å². The molecular weight excluding hydrogens is 278 g/mol. The SMILES string of the molecule is CC[C@H]1CN(c2ccccc2S(=O)(=O)CC)CCS1.